The van der Waals surface area contributed by atoms with Crippen molar-refractivity contribution in [2.45, 2.75) is 110 Å². The maximum absolute atomic E-state index is 8.77. The predicted molar refractivity (Wildman–Crippen MR) is 107 cm³/mol. The van der Waals surface area contributed by atoms with Crippen LogP contribution < -0.4 is 0 Å². The number of nitrogens with zero attached hydrogens (tertiary/aromatic N) is 2. The lowest BCUT2D eigenvalue weighted by Gasteiger charge is -2.26. The number of nitriles is 1. The van der Waals surface area contributed by atoms with E-state index in [9.17, 15) is 0 Å². The van der Waals surface area contributed by atoms with Crippen LogP contribution in [0.25, 0.3) is 0 Å². The molecule has 0 N–H and O–H groups in total. The van der Waals surface area contributed by atoms with E-state index in [0.717, 1.165) is 11.0 Å². The first-order valence-corrected chi connectivity index (χ1v) is 10.8. The fourth-order valence-corrected chi connectivity index (χ4v) is 3.36. The molecule has 2 heteroatoms. The minimum absolute atomic E-state index is 0.638. The molecule has 0 radical (unpaired) electrons. The zero-order valence-corrected chi connectivity index (χ0v) is 17.1. The van der Waals surface area contributed by atoms with Gasteiger partial charge in [-0.3, -0.25) is 0 Å². The topological polar surface area (TPSA) is 23.8 Å². The molecular weight excluding hydrogens is 292 g/mol. The minimum atomic E-state index is 0.638. The summed E-state index contributed by atoms with van der Waals surface area (Å²) in [5, 5.41) is 8.77. The van der Waals surface area contributed by atoms with Crippen LogP contribution in [0.5, 0.6) is 0 Å². The van der Waals surface area contributed by atoms with Gasteiger partial charge in [-0.05, 0) is 12.8 Å². The third-order valence-corrected chi connectivity index (χ3v) is 5.12. The molecule has 0 aliphatic carbocycles. The molecule has 0 fully saturated rings. The van der Waals surface area contributed by atoms with Crippen molar-refractivity contribution in [3.63, 3.8) is 0 Å². The Morgan fingerprint density at radius 1 is 0.583 bits per heavy atom. The SMILES string of the molecule is CCCCCCCCCCCCCCCCCC[N+](C)(C)CC#N. The van der Waals surface area contributed by atoms with Crippen LogP contribution in [0.15, 0.2) is 0 Å². The van der Waals surface area contributed by atoms with E-state index >= 15 is 0 Å². The Labute approximate surface area is 153 Å². The molecule has 0 bridgehead atoms. The van der Waals surface area contributed by atoms with Gasteiger partial charge in [-0.25, -0.2) is 0 Å². The summed E-state index contributed by atoms with van der Waals surface area (Å²) in [6.45, 7) is 4.07. The number of hydrogen-bond acceptors (Lipinski definition) is 1. The lowest BCUT2D eigenvalue weighted by Crippen LogP contribution is -2.40. The first-order chi connectivity index (χ1) is 11.6. The summed E-state index contributed by atoms with van der Waals surface area (Å²) in [6, 6.07) is 2.28. The first-order valence-electron chi connectivity index (χ1n) is 10.8. The molecule has 0 rings (SSSR count). The molecule has 24 heavy (non-hydrogen) atoms. The van der Waals surface area contributed by atoms with Crippen molar-refractivity contribution in [1.29, 1.82) is 5.26 Å². The van der Waals surface area contributed by atoms with Crippen LogP contribution >= 0.6 is 0 Å². The van der Waals surface area contributed by atoms with E-state index in [1.165, 1.54) is 103 Å². The Kier molecular flexibility index (Phi) is 16.9. The predicted octanol–water partition coefficient (Wildman–Crippen LogP) is 6.85. The highest BCUT2D eigenvalue weighted by molar-refractivity contribution is 4.67. The molecule has 0 aromatic carbocycles. The van der Waals surface area contributed by atoms with Crippen molar-refractivity contribution in [1.82, 2.24) is 0 Å². The molecule has 0 aromatic rings. The van der Waals surface area contributed by atoms with Gasteiger partial charge in [0.1, 0.15) is 6.07 Å². The van der Waals surface area contributed by atoms with Gasteiger partial charge in [0, 0.05) is 0 Å². The average Bonchev–Trinajstić information content (AvgIpc) is 2.54. The van der Waals surface area contributed by atoms with Gasteiger partial charge in [0.2, 0.25) is 0 Å². The van der Waals surface area contributed by atoms with Gasteiger partial charge in [-0.15, -0.1) is 0 Å². The summed E-state index contributed by atoms with van der Waals surface area (Å²) in [7, 11) is 4.32. The molecule has 2 nitrogen and oxygen atoms in total. The summed E-state index contributed by atoms with van der Waals surface area (Å²) in [4.78, 5) is 0. The van der Waals surface area contributed by atoms with E-state index in [4.69, 9.17) is 5.26 Å². The van der Waals surface area contributed by atoms with E-state index < -0.39 is 0 Å². The summed E-state index contributed by atoms with van der Waals surface area (Å²) >= 11 is 0. The van der Waals surface area contributed by atoms with Crippen LogP contribution in [0.4, 0.5) is 0 Å². The number of rotatable bonds is 18. The zero-order valence-electron chi connectivity index (χ0n) is 17.1. The van der Waals surface area contributed by atoms with Gasteiger partial charge < -0.3 is 4.48 Å². The van der Waals surface area contributed by atoms with Crippen molar-refractivity contribution in [3.05, 3.63) is 0 Å². The standard InChI is InChI=1S/C22H45N2/c1-4-5-6-7-8-9-10-11-12-13-14-15-16-17-18-19-21-24(2,3)22-20-23/h4-19,21-22H2,1-3H3/q+1. The second-order valence-corrected chi connectivity index (χ2v) is 8.28. The Balaban J connectivity index is 3.12. The molecule has 0 aliphatic rings. The monoisotopic (exact) mass is 337 g/mol. The quantitative estimate of drug-likeness (QED) is 0.152. The highest BCUT2D eigenvalue weighted by Crippen LogP contribution is 2.14. The summed E-state index contributed by atoms with van der Waals surface area (Å²) in [5.74, 6) is 0. The van der Waals surface area contributed by atoms with E-state index in [-0.39, 0.29) is 0 Å². The second kappa shape index (κ2) is 17.3. The van der Waals surface area contributed by atoms with Crippen molar-refractivity contribution in [2.75, 3.05) is 27.2 Å². The molecule has 0 amide bonds. The number of hydrogen-bond donors (Lipinski definition) is 0. The molecule has 0 heterocycles. The maximum atomic E-state index is 8.77. The Hall–Kier alpha value is -0.550. The van der Waals surface area contributed by atoms with E-state index in [0.29, 0.717) is 6.54 Å². The third-order valence-electron chi connectivity index (χ3n) is 5.12. The van der Waals surface area contributed by atoms with Crippen molar-refractivity contribution < 1.29 is 4.48 Å². The lowest BCUT2D eigenvalue weighted by atomic mass is 10.0. The Morgan fingerprint density at radius 3 is 1.25 bits per heavy atom. The summed E-state index contributed by atoms with van der Waals surface area (Å²) in [6.07, 6.45) is 22.7. The van der Waals surface area contributed by atoms with E-state index in [1.54, 1.807) is 0 Å². The lowest BCUT2D eigenvalue weighted by molar-refractivity contribution is -0.883. The first kappa shape index (κ1) is 23.4. The molecular formula is C22H45N2+. The molecule has 0 atom stereocenters. The fourth-order valence-electron chi connectivity index (χ4n) is 3.36. The van der Waals surface area contributed by atoms with Crippen molar-refractivity contribution >= 4 is 0 Å². The zero-order chi connectivity index (χ0) is 17.9. The van der Waals surface area contributed by atoms with Crippen LogP contribution in [0.2, 0.25) is 0 Å². The van der Waals surface area contributed by atoms with Crippen LogP contribution in [-0.4, -0.2) is 31.7 Å². The molecule has 142 valence electrons. The maximum Gasteiger partial charge on any atom is 0.166 e. The molecule has 0 unspecified atom stereocenters. The normalized spacial score (nSPS) is 11.6. The van der Waals surface area contributed by atoms with Crippen LogP contribution in [0.1, 0.15) is 110 Å². The van der Waals surface area contributed by atoms with Crippen LogP contribution in [0, 0.1) is 11.3 Å². The molecule has 0 spiro atoms. The van der Waals surface area contributed by atoms with E-state index in [1.807, 2.05) is 0 Å². The summed E-state index contributed by atoms with van der Waals surface area (Å²) in [5.41, 5.74) is 0. The molecule has 0 saturated carbocycles. The number of quaternary nitrogens is 1. The van der Waals surface area contributed by atoms with Crippen LogP contribution in [-0.2, 0) is 0 Å². The third kappa shape index (κ3) is 17.8. The largest absolute Gasteiger partial charge is 0.317 e. The minimum Gasteiger partial charge on any atom is -0.317 e. The Bertz CT molecular complexity index is 291. The molecule has 0 saturated heterocycles. The van der Waals surface area contributed by atoms with Gasteiger partial charge in [0.25, 0.3) is 0 Å². The fraction of sp³-hybridized carbons (Fsp3) is 0.955. The smallest absolute Gasteiger partial charge is 0.166 e. The highest BCUT2D eigenvalue weighted by Gasteiger charge is 2.12. The van der Waals surface area contributed by atoms with E-state index in [2.05, 4.69) is 27.1 Å². The van der Waals surface area contributed by atoms with Gasteiger partial charge in [0.15, 0.2) is 6.54 Å². The second-order valence-electron chi connectivity index (χ2n) is 8.28. The number of unbranched alkanes of at least 4 members (excludes halogenated alkanes) is 15. The molecule has 0 aromatic heterocycles. The van der Waals surface area contributed by atoms with Gasteiger partial charge in [-0.1, -0.05) is 96.8 Å². The van der Waals surface area contributed by atoms with Crippen molar-refractivity contribution in [3.8, 4) is 6.07 Å². The molecule has 0 aliphatic heterocycles. The van der Waals surface area contributed by atoms with Crippen molar-refractivity contribution in [2.24, 2.45) is 0 Å². The summed E-state index contributed by atoms with van der Waals surface area (Å²) < 4.78 is 0.856. The Morgan fingerprint density at radius 2 is 0.917 bits per heavy atom. The highest BCUT2D eigenvalue weighted by atomic mass is 15.3. The average molecular weight is 338 g/mol. The van der Waals surface area contributed by atoms with Crippen LogP contribution in [0.3, 0.4) is 0 Å². The van der Waals surface area contributed by atoms with Gasteiger partial charge >= 0.3 is 0 Å². The van der Waals surface area contributed by atoms with Gasteiger partial charge in [-0.2, -0.15) is 5.26 Å². The van der Waals surface area contributed by atoms with Gasteiger partial charge in [0.05, 0.1) is 20.6 Å².